The Balaban J connectivity index is 1.76. The highest BCUT2D eigenvalue weighted by Crippen LogP contribution is 2.27. The third kappa shape index (κ3) is 4.31. The van der Waals surface area contributed by atoms with Gasteiger partial charge in [0.25, 0.3) is 0 Å². The van der Waals surface area contributed by atoms with Crippen LogP contribution in [0, 0.1) is 13.8 Å². The molecule has 2 heterocycles. The summed E-state index contributed by atoms with van der Waals surface area (Å²) in [5.74, 6) is 2.06. The number of methoxy groups -OCH3 is 1. The van der Waals surface area contributed by atoms with Crippen LogP contribution in [-0.4, -0.2) is 59.4 Å². The van der Waals surface area contributed by atoms with Gasteiger partial charge in [0.15, 0.2) is 0 Å². The first-order valence-electron chi connectivity index (χ1n) is 9.35. The summed E-state index contributed by atoms with van der Waals surface area (Å²) in [5.41, 5.74) is 9.49. The van der Waals surface area contributed by atoms with Crippen LogP contribution < -0.4 is 15.4 Å². The first kappa shape index (κ1) is 19.4. The van der Waals surface area contributed by atoms with E-state index in [9.17, 15) is 5.11 Å². The molecule has 7 heteroatoms. The van der Waals surface area contributed by atoms with Gasteiger partial charge in [-0.3, -0.25) is 4.90 Å². The second-order valence-electron chi connectivity index (χ2n) is 7.03. The number of anilines is 2. The molecule has 7 nitrogen and oxygen atoms in total. The molecule has 0 radical (unpaired) electrons. The Bertz CT molecular complexity index is 783. The van der Waals surface area contributed by atoms with Gasteiger partial charge in [0.2, 0.25) is 5.95 Å². The first-order chi connectivity index (χ1) is 13.0. The number of aliphatic hydroxyl groups excluding tert-OH is 1. The van der Waals surface area contributed by atoms with Gasteiger partial charge in [0.1, 0.15) is 11.6 Å². The van der Waals surface area contributed by atoms with Crippen molar-refractivity contribution >= 4 is 11.8 Å². The average molecular weight is 371 g/mol. The summed E-state index contributed by atoms with van der Waals surface area (Å²) in [6.07, 6.45) is 2.42. The third-order valence-electron chi connectivity index (χ3n) is 5.49. The number of nitrogens with two attached hydrogens (primary N) is 1. The van der Waals surface area contributed by atoms with E-state index in [1.807, 2.05) is 12.1 Å². The number of benzene rings is 1. The van der Waals surface area contributed by atoms with Gasteiger partial charge in [-0.05, 0) is 49.1 Å². The minimum atomic E-state index is 0.168. The fraction of sp³-hybridized carbons (Fsp3) is 0.500. The molecule has 2 aromatic rings. The Morgan fingerprint density at radius 2 is 2.04 bits per heavy atom. The Kier molecular flexibility index (Phi) is 6.13. The van der Waals surface area contributed by atoms with Crippen molar-refractivity contribution in [2.75, 3.05) is 44.0 Å². The van der Waals surface area contributed by atoms with E-state index in [2.05, 4.69) is 39.7 Å². The summed E-state index contributed by atoms with van der Waals surface area (Å²) in [5, 5.41) is 9.56. The van der Waals surface area contributed by atoms with Crippen molar-refractivity contribution in [3.63, 3.8) is 0 Å². The van der Waals surface area contributed by atoms with Crippen LogP contribution in [0.15, 0.2) is 24.4 Å². The molecule has 1 aromatic heterocycles. The van der Waals surface area contributed by atoms with Crippen molar-refractivity contribution in [1.29, 1.82) is 0 Å². The van der Waals surface area contributed by atoms with Crippen LogP contribution in [0.3, 0.4) is 0 Å². The Labute approximate surface area is 160 Å². The number of hydrogen-bond acceptors (Lipinski definition) is 7. The SMILES string of the molecule is COc1ccc(CN2CCN(c3ccnc(N)n3)CC2CCO)c(C)c1C. The van der Waals surface area contributed by atoms with E-state index in [0.29, 0.717) is 0 Å². The lowest BCUT2D eigenvalue weighted by molar-refractivity contribution is 0.135. The Morgan fingerprint density at radius 1 is 1.22 bits per heavy atom. The van der Waals surface area contributed by atoms with Gasteiger partial charge in [0.05, 0.1) is 7.11 Å². The van der Waals surface area contributed by atoms with E-state index in [1.165, 1.54) is 16.7 Å². The van der Waals surface area contributed by atoms with E-state index in [1.54, 1.807) is 13.3 Å². The summed E-state index contributed by atoms with van der Waals surface area (Å²) in [6.45, 7) is 7.86. The summed E-state index contributed by atoms with van der Waals surface area (Å²) in [7, 11) is 1.71. The summed E-state index contributed by atoms with van der Waals surface area (Å²) < 4.78 is 5.43. The number of nitrogens with zero attached hydrogens (tertiary/aromatic N) is 4. The monoisotopic (exact) mass is 371 g/mol. The number of rotatable bonds is 6. The van der Waals surface area contributed by atoms with Gasteiger partial charge in [-0.15, -0.1) is 0 Å². The van der Waals surface area contributed by atoms with Crippen molar-refractivity contribution < 1.29 is 9.84 Å². The first-order valence-corrected chi connectivity index (χ1v) is 9.35. The molecule has 0 spiro atoms. The lowest BCUT2D eigenvalue weighted by Gasteiger charge is -2.42. The standard InChI is InChI=1S/C20H29N5O2/c1-14-15(2)18(27-3)5-4-16(14)12-24-9-10-25(13-17(24)7-11-26)19-6-8-22-20(21)23-19/h4-6,8,17,26H,7,9-13H2,1-3H3,(H2,21,22,23). The molecule has 0 bridgehead atoms. The highest BCUT2D eigenvalue weighted by molar-refractivity contribution is 5.44. The normalized spacial score (nSPS) is 17.9. The molecule has 0 amide bonds. The maximum atomic E-state index is 9.56. The third-order valence-corrected chi connectivity index (χ3v) is 5.49. The van der Waals surface area contributed by atoms with E-state index >= 15 is 0 Å². The topological polar surface area (TPSA) is 87.7 Å². The van der Waals surface area contributed by atoms with Crippen LogP contribution in [0.5, 0.6) is 5.75 Å². The zero-order valence-electron chi connectivity index (χ0n) is 16.4. The van der Waals surface area contributed by atoms with Crippen molar-refractivity contribution in [3.05, 3.63) is 41.1 Å². The van der Waals surface area contributed by atoms with Crippen LogP contribution in [0.2, 0.25) is 0 Å². The quantitative estimate of drug-likeness (QED) is 0.800. The molecule has 1 unspecified atom stereocenters. The van der Waals surface area contributed by atoms with Crippen molar-refractivity contribution in [3.8, 4) is 5.75 Å². The molecule has 3 N–H and O–H groups in total. The largest absolute Gasteiger partial charge is 0.496 e. The Hall–Kier alpha value is -2.38. The molecule has 146 valence electrons. The number of aromatic nitrogens is 2. The molecular weight excluding hydrogens is 342 g/mol. The van der Waals surface area contributed by atoms with Crippen LogP contribution in [-0.2, 0) is 6.54 Å². The zero-order valence-corrected chi connectivity index (χ0v) is 16.4. The van der Waals surface area contributed by atoms with E-state index in [-0.39, 0.29) is 18.6 Å². The predicted octanol–water partition coefficient (Wildman–Crippen LogP) is 1.76. The van der Waals surface area contributed by atoms with Crippen LogP contribution in [0.25, 0.3) is 0 Å². The maximum Gasteiger partial charge on any atom is 0.221 e. The van der Waals surface area contributed by atoms with Gasteiger partial charge in [-0.25, -0.2) is 4.98 Å². The fourth-order valence-electron chi connectivity index (χ4n) is 3.74. The Morgan fingerprint density at radius 3 is 2.74 bits per heavy atom. The predicted molar refractivity (Wildman–Crippen MR) is 107 cm³/mol. The number of hydrogen-bond donors (Lipinski definition) is 2. The van der Waals surface area contributed by atoms with Crippen LogP contribution >= 0.6 is 0 Å². The van der Waals surface area contributed by atoms with Crippen molar-refractivity contribution in [2.24, 2.45) is 0 Å². The van der Waals surface area contributed by atoms with Crippen molar-refractivity contribution in [2.45, 2.75) is 32.9 Å². The van der Waals surface area contributed by atoms with Crippen LogP contribution in [0.4, 0.5) is 11.8 Å². The molecule has 1 atom stereocenters. The smallest absolute Gasteiger partial charge is 0.221 e. The highest BCUT2D eigenvalue weighted by atomic mass is 16.5. The van der Waals surface area contributed by atoms with E-state index in [4.69, 9.17) is 10.5 Å². The number of aliphatic hydroxyl groups is 1. The lowest BCUT2D eigenvalue weighted by atomic mass is 10.00. The van der Waals surface area contributed by atoms with Gasteiger partial charge >= 0.3 is 0 Å². The van der Waals surface area contributed by atoms with Gasteiger partial charge in [0, 0.05) is 45.0 Å². The molecule has 3 rings (SSSR count). The van der Waals surface area contributed by atoms with E-state index < -0.39 is 0 Å². The zero-order chi connectivity index (χ0) is 19.4. The van der Waals surface area contributed by atoms with Gasteiger partial charge in [-0.2, -0.15) is 4.98 Å². The second-order valence-corrected chi connectivity index (χ2v) is 7.03. The molecule has 1 saturated heterocycles. The highest BCUT2D eigenvalue weighted by Gasteiger charge is 2.28. The molecule has 27 heavy (non-hydrogen) atoms. The molecular formula is C20H29N5O2. The average Bonchev–Trinajstić information content (AvgIpc) is 2.67. The molecule has 0 aliphatic carbocycles. The van der Waals surface area contributed by atoms with Crippen LogP contribution in [0.1, 0.15) is 23.1 Å². The van der Waals surface area contributed by atoms with Gasteiger partial charge in [-0.1, -0.05) is 6.07 Å². The van der Waals surface area contributed by atoms with Gasteiger partial charge < -0.3 is 20.5 Å². The fourth-order valence-corrected chi connectivity index (χ4v) is 3.74. The minimum Gasteiger partial charge on any atom is -0.496 e. The van der Waals surface area contributed by atoms with Crippen molar-refractivity contribution in [1.82, 2.24) is 14.9 Å². The molecule has 1 fully saturated rings. The summed E-state index contributed by atoms with van der Waals surface area (Å²) >= 11 is 0. The molecule has 1 aromatic carbocycles. The number of ether oxygens (including phenoxy) is 1. The molecule has 1 aliphatic heterocycles. The number of piperazine rings is 1. The minimum absolute atomic E-state index is 0.168. The maximum absolute atomic E-state index is 9.56. The molecule has 1 aliphatic rings. The molecule has 0 saturated carbocycles. The second kappa shape index (κ2) is 8.54. The summed E-state index contributed by atoms with van der Waals surface area (Å²) in [4.78, 5) is 13.0. The summed E-state index contributed by atoms with van der Waals surface area (Å²) in [6, 6.07) is 6.33. The van der Waals surface area contributed by atoms with E-state index in [0.717, 1.165) is 44.2 Å². The number of nitrogen functional groups attached to an aromatic ring is 1. The lowest BCUT2D eigenvalue weighted by Crippen LogP contribution is -2.53.